The second kappa shape index (κ2) is 9.59. The number of ether oxygens (including phenoxy) is 2. The lowest BCUT2D eigenvalue weighted by molar-refractivity contribution is -0.131. The molecule has 1 saturated heterocycles. The Morgan fingerprint density at radius 1 is 0.912 bits per heavy atom. The Morgan fingerprint density at radius 2 is 1.47 bits per heavy atom. The van der Waals surface area contributed by atoms with Crippen molar-refractivity contribution in [2.45, 2.75) is 39.7 Å². The van der Waals surface area contributed by atoms with Crippen molar-refractivity contribution in [2.75, 3.05) is 20.8 Å². The van der Waals surface area contributed by atoms with Crippen LogP contribution in [0.4, 0.5) is 0 Å². The van der Waals surface area contributed by atoms with Crippen LogP contribution >= 0.6 is 23.5 Å². The zero-order valence-electron chi connectivity index (χ0n) is 19.7. The number of carbonyl (C=O) groups is 1. The molecule has 2 aliphatic rings. The minimum atomic E-state index is -0.418. The Bertz CT molecular complexity index is 1130. The SMILES string of the molecule is COc1cc2c(cc1OC)[C@@]1(C)C(C(Sc3ccccc3)Sc3ccccc3)CC(=O)N1CC2. The third-order valence-electron chi connectivity index (χ3n) is 7.06. The van der Waals surface area contributed by atoms with Crippen molar-refractivity contribution in [3.8, 4) is 11.5 Å². The van der Waals surface area contributed by atoms with E-state index >= 15 is 0 Å². The van der Waals surface area contributed by atoms with Crippen molar-refractivity contribution >= 4 is 29.4 Å². The maximum atomic E-state index is 13.4. The number of amides is 1. The molecule has 2 heterocycles. The van der Waals surface area contributed by atoms with Gasteiger partial charge in [-0.05, 0) is 60.9 Å². The summed E-state index contributed by atoms with van der Waals surface area (Å²) in [6.07, 6.45) is 1.36. The predicted octanol–water partition coefficient (Wildman–Crippen LogP) is 6.23. The van der Waals surface area contributed by atoms with Gasteiger partial charge in [-0.15, -0.1) is 23.5 Å². The topological polar surface area (TPSA) is 38.8 Å². The highest BCUT2D eigenvalue weighted by Crippen LogP contribution is 2.56. The highest BCUT2D eigenvalue weighted by atomic mass is 32.2. The van der Waals surface area contributed by atoms with E-state index in [0.717, 1.165) is 18.7 Å². The van der Waals surface area contributed by atoms with Gasteiger partial charge in [-0.1, -0.05) is 36.4 Å². The zero-order chi connectivity index (χ0) is 23.7. The first-order valence-electron chi connectivity index (χ1n) is 11.5. The number of benzene rings is 3. The minimum absolute atomic E-state index is 0.118. The fourth-order valence-electron chi connectivity index (χ4n) is 5.31. The number of hydrogen-bond donors (Lipinski definition) is 0. The van der Waals surface area contributed by atoms with E-state index in [4.69, 9.17) is 9.47 Å². The molecule has 2 aliphatic heterocycles. The van der Waals surface area contributed by atoms with Crippen LogP contribution in [0.1, 0.15) is 24.5 Å². The van der Waals surface area contributed by atoms with Gasteiger partial charge in [0.15, 0.2) is 11.5 Å². The molecule has 0 spiro atoms. The molecule has 0 aliphatic carbocycles. The van der Waals surface area contributed by atoms with Crippen LogP contribution in [0.15, 0.2) is 82.6 Å². The summed E-state index contributed by atoms with van der Waals surface area (Å²) in [4.78, 5) is 17.9. The van der Waals surface area contributed by atoms with Gasteiger partial charge in [0.25, 0.3) is 0 Å². The molecule has 3 aromatic rings. The van der Waals surface area contributed by atoms with Crippen molar-refractivity contribution in [1.29, 1.82) is 0 Å². The Hall–Kier alpha value is -2.57. The lowest BCUT2D eigenvalue weighted by atomic mass is 9.76. The third kappa shape index (κ3) is 4.07. The first-order valence-corrected chi connectivity index (χ1v) is 13.3. The van der Waals surface area contributed by atoms with E-state index in [1.54, 1.807) is 14.2 Å². The second-order valence-corrected chi connectivity index (χ2v) is 11.6. The van der Waals surface area contributed by atoms with Crippen LogP contribution in [-0.2, 0) is 16.8 Å². The lowest BCUT2D eigenvalue weighted by Gasteiger charge is -2.46. The molecule has 1 unspecified atom stereocenters. The lowest BCUT2D eigenvalue weighted by Crippen LogP contribution is -2.50. The van der Waals surface area contributed by atoms with Crippen LogP contribution in [0, 0.1) is 5.92 Å². The van der Waals surface area contributed by atoms with Gasteiger partial charge in [0.05, 0.1) is 24.3 Å². The van der Waals surface area contributed by atoms with E-state index < -0.39 is 5.54 Å². The zero-order valence-corrected chi connectivity index (χ0v) is 21.3. The van der Waals surface area contributed by atoms with Gasteiger partial charge in [0.1, 0.15) is 0 Å². The number of hydrogen-bond acceptors (Lipinski definition) is 5. The van der Waals surface area contributed by atoms with Gasteiger partial charge >= 0.3 is 0 Å². The summed E-state index contributed by atoms with van der Waals surface area (Å²) in [7, 11) is 3.34. The minimum Gasteiger partial charge on any atom is -0.493 e. The maximum absolute atomic E-state index is 13.4. The average Bonchev–Trinajstić information content (AvgIpc) is 3.14. The van der Waals surface area contributed by atoms with Crippen LogP contribution in [0.25, 0.3) is 0 Å². The summed E-state index contributed by atoms with van der Waals surface area (Å²) in [6.45, 7) is 2.98. The number of fused-ring (bicyclic) bond motifs is 3. The predicted molar refractivity (Wildman–Crippen MR) is 139 cm³/mol. The van der Waals surface area contributed by atoms with Crippen LogP contribution in [-0.4, -0.2) is 36.2 Å². The van der Waals surface area contributed by atoms with E-state index in [0.29, 0.717) is 12.2 Å². The molecule has 176 valence electrons. The molecule has 6 heteroatoms. The Balaban J connectivity index is 1.60. The monoisotopic (exact) mass is 491 g/mol. The van der Waals surface area contributed by atoms with Gasteiger partial charge in [0.2, 0.25) is 5.91 Å². The van der Waals surface area contributed by atoms with Crippen molar-refractivity contribution in [2.24, 2.45) is 5.92 Å². The summed E-state index contributed by atoms with van der Waals surface area (Å²) in [5, 5.41) is 0. The Morgan fingerprint density at radius 3 is 2.03 bits per heavy atom. The standard InChI is InChI=1S/C28H29NO3S2/c1-28-22-17-25(32-3)24(31-2)16-19(22)14-15-29(28)26(30)18-23(28)27(33-20-10-6-4-7-11-20)34-21-12-8-5-9-13-21/h4-13,16-17,23,27H,14-15,18H2,1-3H3/t23?,28-/m0/s1. The van der Waals surface area contributed by atoms with Gasteiger partial charge in [-0.3, -0.25) is 4.79 Å². The normalized spacial score (nSPS) is 21.4. The summed E-state index contributed by atoms with van der Waals surface area (Å²) in [5.74, 6) is 1.81. The quantitative estimate of drug-likeness (QED) is 0.289. The molecule has 4 nitrogen and oxygen atoms in total. The van der Waals surface area contributed by atoms with Crippen LogP contribution in [0.3, 0.4) is 0 Å². The number of nitrogens with zero attached hydrogens (tertiary/aromatic N) is 1. The van der Waals surface area contributed by atoms with Gasteiger partial charge < -0.3 is 14.4 Å². The highest BCUT2D eigenvalue weighted by Gasteiger charge is 2.56. The van der Waals surface area contributed by atoms with Crippen molar-refractivity contribution < 1.29 is 14.3 Å². The molecule has 0 bridgehead atoms. The molecule has 34 heavy (non-hydrogen) atoms. The summed E-state index contributed by atoms with van der Waals surface area (Å²) < 4.78 is 11.4. The molecule has 2 atom stereocenters. The molecular formula is C28H29NO3S2. The van der Waals surface area contributed by atoms with E-state index in [1.807, 2.05) is 35.7 Å². The largest absolute Gasteiger partial charge is 0.493 e. The Labute approximate surface area is 210 Å². The van der Waals surface area contributed by atoms with Gasteiger partial charge in [0, 0.05) is 28.7 Å². The fraction of sp³-hybridized carbons (Fsp3) is 0.321. The second-order valence-electron chi connectivity index (χ2n) is 8.85. The molecular weight excluding hydrogens is 462 g/mol. The van der Waals surface area contributed by atoms with Crippen LogP contribution < -0.4 is 9.47 Å². The number of methoxy groups -OCH3 is 2. The number of rotatable bonds is 7. The van der Waals surface area contributed by atoms with E-state index in [1.165, 1.54) is 20.9 Å². The van der Waals surface area contributed by atoms with E-state index in [9.17, 15) is 4.79 Å². The smallest absolute Gasteiger partial charge is 0.223 e. The van der Waals surface area contributed by atoms with E-state index in [-0.39, 0.29) is 16.4 Å². The summed E-state index contributed by atoms with van der Waals surface area (Å²) >= 11 is 3.72. The van der Waals surface area contributed by atoms with Crippen molar-refractivity contribution in [3.63, 3.8) is 0 Å². The molecule has 1 amide bonds. The van der Waals surface area contributed by atoms with Crippen molar-refractivity contribution in [1.82, 2.24) is 4.90 Å². The highest BCUT2D eigenvalue weighted by molar-refractivity contribution is 8.17. The first kappa shape index (κ1) is 23.2. The molecule has 0 N–H and O–H groups in total. The average molecular weight is 492 g/mol. The molecule has 0 aromatic heterocycles. The van der Waals surface area contributed by atoms with Crippen LogP contribution in [0.5, 0.6) is 11.5 Å². The fourth-order valence-corrected chi connectivity index (χ4v) is 8.38. The summed E-state index contributed by atoms with van der Waals surface area (Å²) in [6, 6.07) is 25.2. The molecule has 0 radical (unpaired) electrons. The van der Waals surface area contributed by atoms with E-state index in [2.05, 4.69) is 72.5 Å². The first-order chi connectivity index (χ1) is 16.5. The van der Waals surface area contributed by atoms with Crippen LogP contribution in [0.2, 0.25) is 0 Å². The maximum Gasteiger partial charge on any atom is 0.223 e. The third-order valence-corrected chi connectivity index (χ3v) is 9.84. The van der Waals surface area contributed by atoms with Crippen molar-refractivity contribution in [3.05, 3.63) is 83.9 Å². The molecule has 5 rings (SSSR count). The molecule has 1 fully saturated rings. The molecule has 0 saturated carbocycles. The Kier molecular flexibility index (Phi) is 6.54. The van der Waals surface area contributed by atoms with Gasteiger partial charge in [-0.25, -0.2) is 0 Å². The molecule has 3 aromatic carbocycles. The number of thioether (sulfide) groups is 2. The summed E-state index contributed by atoms with van der Waals surface area (Å²) in [5.41, 5.74) is 2.00. The number of carbonyl (C=O) groups excluding carboxylic acids is 1. The van der Waals surface area contributed by atoms with Gasteiger partial charge in [-0.2, -0.15) is 0 Å².